The van der Waals surface area contributed by atoms with E-state index in [2.05, 4.69) is 72.8 Å². The first kappa shape index (κ1) is 20.2. The third-order valence-electron chi connectivity index (χ3n) is 6.48. The van der Waals surface area contributed by atoms with Crippen LogP contribution in [0.25, 0.3) is 0 Å². The molecule has 1 aliphatic carbocycles. The van der Waals surface area contributed by atoms with Gasteiger partial charge in [0.1, 0.15) is 4.87 Å². The van der Waals surface area contributed by atoms with E-state index in [0.29, 0.717) is 5.92 Å². The van der Waals surface area contributed by atoms with Crippen LogP contribution in [0, 0.1) is 0 Å². The molecule has 1 aliphatic rings. The fourth-order valence-corrected chi connectivity index (χ4v) is 5.16. The first-order chi connectivity index (χ1) is 14.3. The van der Waals surface area contributed by atoms with Crippen molar-refractivity contribution in [1.29, 1.82) is 0 Å². The standard InChI is InChI=1S/C28H31Cl/c29-28(25-15-9-5-10-16-25,26-17-11-6-12-18-26)27-21-19-24(20-22-27)23-13-7-3-1-2-4-8-14-23/h5-6,9-12,15-23H,1-4,7-8,13-14H2. The maximum absolute atomic E-state index is 7.42. The number of hydrogen-bond donors (Lipinski definition) is 0. The van der Waals surface area contributed by atoms with E-state index in [1.54, 1.807) is 0 Å². The highest BCUT2D eigenvalue weighted by Gasteiger charge is 2.33. The molecule has 0 atom stereocenters. The maximum atomic E-state index is 7.42. The quantitative estimate of drug-likeness (QED) is 0.303. The minimum absolute atomic E-state index is 0.667. The monoisotopic (exact) mass is 402 g/mol. The van der Waals surface area contributed by atoms with E-state index in [-0.39, 0.29) is 0 Å². The summed E-state index contributed by atoms with van der Waals surface area (Å²) in [4.78, 5) is -0.667. The van der Waals surface area contributed by atoms with Crippen LogP contribution in [0.3, 0.4) is 0 Å². The van der Waals surface area contributed by atoms with Crippen LogP contribution in [0.4, 0.5) is 0 Å². The van der Waals surface area contributed by atoms with Gasteiger partial charge in [0, 0.05) is 0 Å². The lowest BCUT2D eigenvalue weighted by molar-refractivity contribution is 0.539. The Morgan fingerprint density at radius 2 is 0.931 bits per heavy atom. The molecule has 0 heterocycles. The number of alkyl halides is 1. The summed E-state index contributed by atoms with van der Waals surface area (Å²) in [5.41, 5.74) is 4.85. The molecule has 0 bridgehead atoms. The van der Waals surface area contributed by atoms with Crippen molar-refractivity contribution in [3.05, 3.63) is 107 Å². The normalized spacial score (nSPS) is 16.6. The zero-order chi connectivity index (χ0) is 19.9. The molecule has 0 spiro atoms. The molecule has 0 aliphatic heterocycles. The zero-order valence-electron chi connectivity index (χ0n) is 17.2. The van der Waals surface area contributed by atoms with E-state index in [0.717, 1.165) is 16.7 Å². The number of hydrogen-bond acceptors (Lipinski definition) is 0. The minimum atomic E-state index is -0.667. The second kappa shape index (κ2) is 9.63. The van der Waals surface area contributed by atoms with E-state index in [1.807, 2.05) is 12.1 Å². The molecule has 3 aromatic carbocycles. The molecule has 0 amide bonds. The highest BCUT2D eigenvalue weighted by molar-refractivity contribution is 6.28. The lowest BCUT2D eigenvalue weighted by Gasteiger charge is -2.29. The van der Waals surface area contributed by atoms with Gasteiger partial charge in [0.2, 0.25) is 0 Å². The van der Waals surface area contributed by atoms with Crippen LogP contribution in [0.15, 0.2) is 84.9 Å². The van der Waals surface area contributed by atoms with Crippen LogP contribution in [0.1, 0.15) is 79.5 Å². The van der Waals surface area contributed by atoms with Gasteiger partial charge in [-0.3, -0.25) is 0 Å². The fourth-order valence-electron chi connectivity index (χ4n) is 4.79. The molecular formula is C28H31Cl. The van der Waals surface area contributed by atoms with Crippen LogP contribution in [-0.4, -0.2) is 0 Å². The summed E-state index contributed by atoms with van der Waals surface area (Å²) in [5, 5.41) is 0. The van der Waals surface area contributed by atoms with Crippen molar-refractivity contribution in [3.63, 3.8) is 0 Å². The number of halogens is 1. The van der Waals surface area contributed by atoms with Crippen molar-refractivity contribution in [1.82, 2.24) is 0 Å². The van der Waals surface area contributed by atoms with E-state index < -0.39 is 4.87 Å². The summed E-state index contributed by atoms with van der Waals surface area (Å²) in [5.74, 6) is 0.695. The second-order valence-electron chi connectivity index (χ2n) is 8.41. The molecule has 0 aromatic heterocycles. The van der Waals surface area contributed by atoms with Crippen molar-refractivity contribution < 1.29 is 0 Å². The van der Waals surface area contributed by atoms with Gasteiger partial charge in [-0.15, -0.1) is 11.6 Å². The summed E-state index contributed by atoms with van der Waals surface area (Å²) in [7, 11) is 0. The van der Waals surface area contributed by atoms with Crippen LogP contribution in [0.2, 0.25) is 0 Å². The van der Waals surface area contributed by atoms with Gasteiger partial charge in [-0.1, -0.05) is 123 Å². The molecule has 150 valence electrons. The van der Waals surface area contributed by atoms with Crippen molar-refractivity contribution in [2.75, 3.05) is 0 Å². The Kier molecular flexibility index (Phi) is 6.72. The van der Waals surface area contributed by atoms with Crippen LogP contribution in [0.5, 0.6) is 0 Å². The van der Waals surface area contributed by atoms with Gasteiger partial charge in [-0.05, 0) is 41.0 Å². The summed E-state index contributed by atoms with van der Waals surface area (Å²) >= 11 is 7.42. The molecule has 1 saturated carbocycles. The topological polar surface area (TPSA) is 0 Å². The first-order valence-corrected chi connectivity index (χ1v) is 11.6. The van der Waals surface area contributed by atoms with Crippen LogP contribution < -0.4 is 0 Å². The summed E-state index contributed by atoms with van der Waals surface area (Å²) in [6.07, 6.45) is 11.0. The Labute approximate surface area is 180 Å². The summed E-state index contributed by atoms with van der Waals surface area (Å²) in [6, 6.07) is 30.1. The molecule has 0 unspecified atom stereocenters. The van der Waals surface area contributed by atoms with Crippen molar-refractivity contribution >= 4 is 11.6 Å². The van der Waals surface area contributed by atoms with E-state index in [1.165, 1.54) is 56.9 Å². The molecular weight excluding hydrogens is 372 g/mol. The third-order valence-corrected chi connectivity index (χ3v) is 7.13. The Bertz CT molecular complexity index is 818. The van der Waals surface area contributed by atoms with Gasteiger partial charge in [0.05, 0.1) is 0 Å². The number of benzene rings is 3. The molecule has 0 N–H and O–H groups in total. The van der Waals surface area contributed by atoms with Crippen LogP contribution in [-0.2, 0) is 4.87 Å². The fraction of sp³-hybridized carbons (Fsp3) is 0.357. The van der Waals surface area contributed by atoms with Crippen molar-refractivity contribution in [2.45, 2.75) is 62.2 Å². The average Bonchev–Trinajstić information content (AvgIpc) is 2.94. The molecule has 1 fully saturated rings. The summed E-state index contributed by atoms with van der Waals surface area (Å²) in [6.45, 7) is 0. The van der Waals surface area contributed by atoms with E-state index in [9.17, 15) is 0 Å². The lowest BCUT2D eigenvalue weighted by Crippen LogP contribution is -2.22. The lowest BCUT2D eigenvalue weighted by atomic mass is 9.82. The molecule has 0 saturated heterocycles. The minimum Gasteiger partial charge on any atom is -0.104 e. The Hall–Kier alpha value is -2.05. The van der Waals surface area contributed by atoms with Gasteiger partial charge in [-0.25, -0.2) is 0 Å². The first-order valence-electron chi connectivity index (χ1n) is 11.2. The third kappa shape index (κ3) is 4.59. The maximum Gasteiger partial charge on any atom is 0.119 e. The Morgan fingerprint density at radius 1 is 0.517 bits per heavy atom. The molecule has 4 rings (SSSR count). The Morgan fingerprint density at radius 3 is 1.41 bits per heavy atom. The van der Waals surface area contributed by atoms with E-state index >= 15 is 0 Å². The highest BCUT2D eigenvalue weighted by atomic mass is 35.5. The van der Waals surface area contributed by atoms with Gasteiger partial charge in [0.25, 0.3) is 0 Å². The molecule has 1 heteroatoms. The van der Waals surface area contributed by atoms with Crippen molar-refractivity contribution in [3.8, 4) is 0 Å². The largest absolute Gasteiger partial charge is 0.119 e. The molecule has 29 heavy (non-hydrogen) atoms. The van der Waals surface area contributed by atoms with Gasteiger partial charge in [0.15, 0.2) is 0 Å². The highest BCUT2D eigenvalue weighted by Crippen LogP contribution is 2.43. The summed E-state index contributed by atoms with van der Waals surface area (Å²) < 4.78 is 0. The van der Waals surface area contributed by atoms with Gasteiger partial charge in [-0.2, -0.15) is 0 Å². The average molecular weight is 403 g/mol. The number of rotatable bonds is 4. The van der Waals surface area contributed by atoms with Crippen molar-refractivity contribution in [2.24, 2.45) is 0 Å². The smallest absolute Gasteiger partial charge is 0.104 e. The van der Waals surface area contributed by atoms with Crippen LogP contribution >= 0.6 is 11.6 Å². The van der Waals surface area contributed by atoms with Gasteiger partial charge >= 0.3 is 0 Å². The van der Waals surface area contributed by atoms with E-state index in [4.69, 9.17) is 11.6 Å². The zero-order valence-corrected chi connectivity index (χ0v) is 18.0. The van der Waals surface area contributed by atoms with Gasteiger partial charge < -0.3 is 0 Å². The molecule has 0 radical (unpaired) electrons. The molecule has 3 aromatic rings. The predicted molar refractivity (Wildman–Crippen MR) is 125 cm³/mol. The predicted octanol–water partition coefficient (Wildman–Crippen LogP) is 8.44. The SMILES string of the molecule is ClC(c1ccccc1)(c1ccccc1)c1ccc(C2CCCCCCCC2)cc1. The Balaban J connectivity index is 1.67. The second-order valence-corrected chi connectivity index (χ2v) is 8.98. The molecule has 0 nitrogen and oxygen atoms in total.